The van der Waals surface area contributed by atoms with Crippen LogP contribution < -0.4 is 10.1 Å². The molecule has 5 nitrogen and oxygen atoms in total. The minimum absolute atomic E-state index is 0. The molecule has 7 heteroatoms. The molecular weight excluding hydrogens is 435 g/mol. The van der Waals surface area contributed by atoms with Gasteiger partial charge in [0.15, 0.2) is 5.96 Å². The van der Waals surface area contributed by atoms with Crippen LogP contribution in [0, 0.1) is 0 Å². The van der Waals surface area contributed by atoms with Gasteiger partial charge in [-0.3, -0.25) is 4.99 Å². The fourth-order valence-electron chi connectivity index (χ4n) is 2.19. The van der Waals surface area contributed by atoms with Crippen LogP contribution in [0.5, 0.6) is 5.88 Å². The number of thiophene rings is 1. The third-order valence-corrected chi connectivity index (χ3v) is 4.33. The van der Waals surface area contributed by atoms with E-state index in [0.29, 0.717) is 19.0 Å². The zero-order valence-electron chi connectivity index (χ0n) is 14.4. The maximum atomic E-state index is 5.43. The van der Waals surface area contributed by atoms with E-state index in [9.17, 15) is 0 Å². The van der Waals surface area contributed by atoms with Gasteiger partial charge in [0.2, 0.25) is 5.88 Å². The number of ether oxygens (including phenoxy) is 1. The SMILES string of the molecule is CCOc1cc(CNC(=NC)N(C)CCc2cccs2)ccn1.I. The molecule has 0 fully saturated rings. The summed E-state index contributed by atoms with van der Waals surface area (Å²) in [6, 6.07) is 8.19. The largest absolute Gasteiger partial charge is 0.478 e. The number of likely N-dealkylation sites (N-methyl/N-ethyl adjacent to an activating group) is 1. The molecule has 0 atom stereocenters. The second kappa shape index (κ2) is 11.2. The van der Waals surface area contributed by atoms with Gasteiger partial charge in [0.25, 0.3) is 0 Å². The van der Waals surface area contributed by atoms with Crippen molar-refractivity contribution in [2.45, 2.75) is 19.9 Å². The molecular formula is C17H25IN4OS. The highest BCUT2D eigenvalue weighted by molar-refractivity contribution is 14.0. The highest BCUT2D eigenvalue weighted by atomic mass is 127. The van der Waals surface area contributed by atoms with Crippen molar-refractivity contribution >= 4 is 41.3 Å². The van der Waals surface area contributed by atoms with E-state index >= 15 is 0 Å². The molecule has 1 N–H and O–H groups in total. The summed E-state index contributed by atoms with van der Waals surface area (Å²) >= 11 is 1.79. The molecule has 0 aromatic carbocycles. The standard InChI is InChI=1S/C17H24N4OS.HI/c1-4-22-16-12-14(7-9-19-16)13-20-17(18-2)21(3)10-8-15-6-5-11-23-15;/h5-7,9,11-12H,4,8,10,13H2,1-3H3,(H,18,20);1H. The number of hydrogen-bond acceptors (Lipinski definition) is 4. The molecule has 0 saturated heterocycles. The third-order valence-electron chi connectivity index (χ3n) is 3.39. The number of nitrogens with zero attached hydrogens (tertiary/aromatic N) is 3. The van der Waals surface area contributed by atoms with Crippen molar-refractivity contribution in [1.82, 2.24) is 15.2 Å². The molecule has 0 aliphatic carbocycles. The van der Waals surface area contributed by atoms with E-state index < -0.39 is 0 Å². The Morgan fingerprint density at radius 3 is 2.92 bits per heavy atom. The van der Waals surface area contributed by atoms with Gasteiger partial charge in [0.1, 0.15) is 0 Å². The van der Waals surface area contributed by atoms with E-state index in [1.54, 1.807) is 17.5 Å². The van der Waals surface area contributed by atoms with Gasteiger partial charge in [-0.25, -0.2) is 4.98 Å². The monoisotopic (exact) mass is 460 g/mol. The lowest BCUT2D eigenvalue weighted by Gasteiger charge is -2.22. The number of pyridine rings is 1. The van der Waals surface area contributed by atoms with Gasteiger partial charge >= 0.3 is 0 Å². The Kier molecular flexibility index (Phi) is 9.70. The highest BCUT2D eigenvalue weighted by Gasteiger charge is 2.07. The molecule has 0 saturated carbocycles. The summed E-state index contributed by atoms with van der Waals surface area (Å²) in [5, 5.41) is 5.49. The van der Waals surface area contributed by atoms with Crippen LogP contribution in [0.4, 0.5) is 0 Å². The molecule has 0 spiro atoms. The van der Waals surface area contributed by atoms with E-state index in [0.717, 1.165) is 24.5 Å². The van der Waals surface area contributed by atoms with Crippen LogP contribution in [0.2, 0.25) is 0 Å². The number of nitrogens with one attached hydrogen (secondary N) is 1. The lowest BCUT2D eigenvalue weighted by molar-refractivity contribution is 0.326. The topological polar surface area (TPSA) is 49.8 Å². The number of guanidine groups is 1. The van der Waals surface area contributed by atoms with Crippen LogP contribution in [-0.4, -0.2) is 43.1 Å². The van der Waals surface area contributed by atoms with Gasteiger partial charge in [0.05, 0.1) is 6.61 Å². The summed E-state index contributed by atoms with van der Waals surface area (Å²) in [6.07, 6.45) is 2.80. The predicted octanol–water partition coefficient (Wildman–Crippen LogP) is 3.41. The summed E-state index contributed by atoms with van der Waals surface area (Å²) in [5.41, 5.74) is 1.12. The molecule has 0 bridgehead atoms. The van der Waals surface area contributed by atoms with Crippen molar-refractivity contribution in [2.75, 3.05) is 27.2 Å². The number of halogens is 1. The molecule has 0 radical (unpaired) electrons. The van der Waals surface area contributed by atoms with E-state index in [4.69, 9.17) is 4.74 Å². The maximum Gasteiger partial charge on any atom is 0.213 e. The lowest BCUT2D eigenvalue weighted by atomic mass is 10.2. The van der Waals surface area contributed by atoms with Gasteiger partial charge in [-0.1, -0.05) is 6.07 Å². The van der Waals surface area contributed by atoms with Crippen LogP contribution in [-0.2, 0) is 13.0 Å². The molecule has 2 aromatic rings. The minimum Gasteiger partial charge on any atom is -0.478 e. The second-order valence-corrected chi connectivity index (χ2v) is 6.12. The van der Waals surface area contributed by atoms with Gasteiger partial charge < -0.3 is 15.0 Å². The van der Waals surface area contributed by atoms with Gasteiger partial charge in [-0.2, -0.15) is 0 Å². The first-order valence-electron chi connectivity index (χ1n) is 7.74. The van der Waals surface area contributed by atoms with Crippen molar-refractivity contribution in [3.63, 3.8) is 0 Å². The van der Waals surface area contributed by atoms with Crippen molar-refractivity contribution in [3.8, 4) is 5.88 Å². The number of aromatic nitrogens is 1. The van der Waals surface area contributed by atoms with Gasteiger partial charge in [0, 0.05) is 44.3 Å². The number of aliphatic imine (C=N–C) groups is 1. The van der Waals surface area contributed by atoms with Crippen molar-refractivity contribution in [2.24, 2.45) is 4.99 Å². The lowest BCUT2D eigenvalue weighted by Crippen LogP contribution is -2.39. The summed E-state index contributed by atoms with van der Waals surface area (Å²) in [6.45, 7) is 4.20. The molecule has 2 heterocycles. The Bertz CT molecular complexity index is 619. The maximum absolute atomic E-state index is 5.43. The van der Waals surface area contributed by atoms with E-state index in [1.807, 2.05) is 26.1 Å². The van der Waals surface area contributed by atoms with Gasteiger partial charge in [-0.15, -0.1) is 35.3 Å². The molecule has 0 aliphatic heterocycles. The van der Waals surface area contributed by atoms with E-state index in [1.165, 1.54) is 4.88 Å². The first-order valence-corrected chi connectivity index (χ1v) is 8.62. The van der Waals surface area contributed by atoms with Gasteiger partial charge in [-0.05, 0) is 36.4 Å². The summed E-state index contributed by atoms with van der Waals surface area (Å²) < 4.78 is 5.43. The Balaban J connectivity index is 0.00000288. The first-order chi connectivity index (χ1) is 11.2. The molecule has 0 unspecified atom stereocenters. The molecule has 2 rings (SSSR count). The van der Waals surface area contributed by atoms with Crippen molar-refractivity contribution in [3.05, 3.63) is 46.3 Å². The average molecular weight is 460 g/mol. The highest BCUT2D eigenvalue weighted by Crippen LogP contribution is 2.10. The zero-order chi connectivity index (χ0) is 16.5. The first kappa shape index (κ1) is 20.7. The second-order valence-electron chi connectivity index (χ2n) is 5.09. The van der Waals surface area contributed by atoms with Crippen molar-refractivity contribution < 1.29 is 4.74 Å². The van der Waals surface area contributed by atoms with E-state index in [2.05, 4.69) is 44.8 Å². The average Bonchev–Trinajstić information content (AvgIpc) is 3.07. The van der Waals surface area contributed by atoms with Crippen LogP contribution >= 0.6 is 35.3 Å². The Morgan fingerprint density at radius 1 is 1.42 bits per heavy atom. The summed E-state index contributed by atoms with van der Waals surface area (Å²) in [4.78, 5) is 12.1. The fraction of sp³-hybridized carbons (Fsp3) is 0.412. The summed E-state index contributed by atoms with van der Waals surface area (Å²) in [5.74, 6) is 1.55. The minimum atomic E-state index is 0. The van der Waals surface area contributed by atoms with Crippen LogP contribution in [0.25, 0.3) is 0 Å². The molecule has 24 heavy (non-hydrogen) atoms. The molecule has 132 valence electrons. The fourth-order valence-corrected chi connectivity index (χ4v) is 2.89. The quantitative estimate of drug-likeness (QED) is 0.391. The molecule has 0 aliphatic rings. The molecule has 0 amide bonds. The van der Waals surface area contributed by atoms with E-state index in [-0.39, 0.29) is 24.0 Å². The Labute approximate surface area is 165 Å². The van der Waals surface area contributed by atoms with Crippen molar-refractivity contribution in [1.29, 1.82) is 0 Å². The zero-order valence-corrected chi connectivity index (χ0v) is 17.5. The third kappa shape index (κ3) is 6.64. The smallest absolute Gasteiger partial charge is 0.213 e. The number of hydrogen-bond donors (Lipinski definition) is 1. The summed E-state index contributed by atoms with van der Waals surface area (Å²) in [7, 11) is 3.86. The van der Waals surface area contributed by atoms with Crippen LogP contribution in [0.3, 0.4) is 0 Å². The molecule has 2 aromatic heterocycles. The number of rotatable bonds is 7. The van der Waals surface area contributed by atoms with Crippen LogP contribution in [0.1, 0.15) is 17.4 Å². The Morgan fingerprint density at radius 2 is 2.25 bits per heavy atom. The Hall–Kier alpha value is -1.35. The predicted molar refractivity (Wildman–Crippen MR) is 112 cm³/mol. The normalized spacial score (nSPS) is 10.9. The van der Waals surface area contributed by atoms with Crippen LogP contribution in [0.15, 0.2) is 40.8 Å².